The average molecular weight is 308 g/mol. The molecular formula is C18H32N2O2+2. The third kappa shape index (κ3) is 6.34. The molecule has 0 amide bonds. The van der Waals surface area contributed by atoms with Crippen LogP contribution in [0.5, 0.6) is 5.75 Å². The number of morpholine rings is 1. The zero-order valence-electron chi connectivity index (χ0n) is 14.0. The highest BCUT2D eigenvalue weighted by Gasteiger charge is 2.13. The number of unbranched alkanes of at least 4 members (excludes halogenated alkanes) is 1. The van der Waals surface area contributed by atoms with Gasteiger partial charge in [-0.05, 0) is 18.6 Å². The highest BCUT2D eigenvalue weighted by molar-refractivity contribution is 5.32. The minimum Gasteiger partial charge on any atom is -0.493 e. The minimum absolute atomic E-state index is 0.827. The summed E-state index contributed by atoms with van der Waals surface area (Å²) in [5.41, 5.74) is 1.32. The first kappa shape index (κ1) is 17.3. The fourth-order valence-electron chi connectivity index (χ4n) is 2.80. The predicted molar refractivity (Wildman–Crippen MR) is 88.3 cm³/mol. The SMILES string of the molecule is CCCCOc1ccccc1C[NH2+]CCC[NH+]1CCOCC1. The van der Waals surface area contributed by atoms with Crippen molar-refractivity contribution >= 4 is 0 Å². The van der Waals surface area contributed by atoms with E-state index in [0.717, 1.165) is 38.5 Å². The highest BCUT2D eigenvalue weighted by atomic mass is 16.5. The molecule has 1 aliphatic heterocycles. The number of nitrogens with two attached hydrogens (primary N) is 1. The summed E-state index contributed by atoms with van der Waals surface area (Å²) in [5, 5.41) is 2.40. The maximum atomic E-state index is 5.89. The second-order valence-corrected chi connectivity index (χ2v) is 6.06. The van der Waals surface area contributed by atoms with E-state index in [0.29, 0.717) is 0 Å². The van der Waals surface area contributed by atoms with E-state index in [4.69, 9.17) is 9.47 Å². The van der Waals surface area contributed by atoms with E-state index in [9.17, 15) is 0 Å². The van der Waals surface area contributed by atoms with Crippen LogP contribution < -0.4 is 15.0 Å². The fourth-order valence-corrected chi connectivity index (χ4v) is 2.80. The van der Waals surface area contributed by atoms with Crippen molar-refractivity contribution in [2.24, 2.45) is 0 Å². The Morgan fingerprint density at radius 1 is 1.18 bits per heavy atom. The smallest absolute Gasteiger partial charge is 0.128 e. The van der Waals surface area contributed by atoms with Gasteiger partial charge in [-0.2, -0.15) is 0 Å². The van der Waals surface area contributed by atoms with Crippen LogP contribution in [0.3, 0.4) is 0 Å². The number of ether oxygens (including phenoxy) is 2. The topological polar surface area (TPSA) is 39.5 Å². The normalized spacial score (nSPS) is 15.9. The summed E-state index contributed by atoms with van der Waals surface area (Å²) in [7, 11) is 0. The summed E-state index contributed by atoms with van der Waals surface area (Å²) in [5.74, 6) is 1.06. The molecule has 1 aromatic rings. The molecule has 0 bridgehead atoms. The van der Waals surface area contributed by atoms with Crippen LogP contribution in [0.25, 0.3) is 0 Å². The van der Waals surface area contributed by atoms with Gasteiger partial charge >= 0.3 is 0 Å². The Balaban J connectivity index is 1.63. The van der Waals surface area contributed by atoms with Crippen LogP contribution in [0.15, 0.2) is 24.3 Å². The summed E-state index contributed by atoms with van der Waals surface area (Å²) < 4.78 is 11.3. The largest absolute Gasteiger partial charge is 0.493 e. The highest BCUT2D eigenvalue weighted by Crippen LogP contribution is 2.16. The molecule has 124 valence electrons. The molecule has 22 heavy (non-hydrogen) atoms. The van der Waals surface area contributed by atoms with E-state index < -0.39 is 0 Å². The molecule has 1 saturated heterocycles. The van der Waals surface area contributed by atoms with E-state index >= 15 is 0 Å². The first-order valence-corrected chi connectivity index (χ1v) is 8.84. The van der Waals surface area contributed by atoms with E-state index in [1.807, 2.05) is 0 Å². The number of nitrogens with one attached hydrogen (secondary N) is 1. The average Bonchev–Trinajstić information content (AvgIpc) is 2.57. The summed E-state index contributed by atoms with van der Waals surface area (Å²) in [6, 6.07) is 8.45. The Bertz CT molecular complexity index is 406. The third-order valence-electron chi connectivity index (χ3n) is 4.23. The third-order valence-corrected chi connectivity index (χ3v) is 4.23. The molecule has 1 fully saturated rings. The summed E-state index contributed by atoms with van der Waals surface area (Å²) >= 11 is 0. The number of rotatable bonds is 10. The summed E-state index contributed by atoms with van der Waals surface area (Å²) in [6.07, 6.45) is 3.58. The molecule has 1 aromatic carbocycles. The molecule has 0 saturated carbocycles. The van der Waals surface area contributed by atoms with Gasteiger partial charge in [0.1, 0.15) is 25.4 Å². The first-order valence-electron chi connectivity index (χ1n) is 8.84. The van der Waals surface area contributed by atoms with Gasteiger partial charge in [0, 0.05) is 12.0 Å². The van der Waals surface area contributed by atoms with Crippen molar-refractivity contribution in [1.29, 1.82) is 0 Å². The van der Waals surface area contributed by atoms with Gasteiger partial charge in [-0.1, -0.05) is 25.5 Å². The van der Waals surface area contributed by atoms with Crippen molar-refractivity contribution < 1.29 is 19.7 Å². The summed E-state index contributed by atoms with van der Waals surface area (Å²) in [6.45, 7) is 10.7. The first-order chi connectivity index (χ1) is 10.9. The molecule has 4 heteroatoms. The number of para-hydroxylation sites is 1. The second kappa shape index (κ2) is 10.6. The van der Waals surface area contributed by atoms with Gasteiger partial charge in [0.15, 0.2) is 0 Å². The van der Waals surface area contributed by atoms with Gasteiger partial charge in [0.25, 0.3) is 0 Å². The van der Waals surface area contributed by atoms with E-state index in [1.165, 1.54) is 44.6 Å². The Labute approximate surface area is 134 Å². The molecule has 0 aromatic heterocycles. The molecule has 0 aliphatic carbocycles. The molecular weight excluding hydrogens is 276 g/mol. The van der Waals surface area contributed by atoms with Gasteiger partial charge in [-0.3, -0.25) is 0 Å². The lowest BCUT2D eigenvalue weighted by molar-refractivity contribution is -0.909. The quantitative estimate of drug-likeness (QED) is 0.608. The molecule has 1 aliphatic rings. The maximum absolute atomic E-state index is 5.89. The lowest BCUT2D eigenvalue weighted by atomic mass is 10.2. The number of hydrogen-bond acceptors (Lipinski definition) is 2. The molecule has 0 radical (unpaired) electrons. The molecule has 0 unspecified atom stereocenters. The van der Waals surface area contributed by atoms with E-state index in [1.54, 1.807) is 4.90 Å². The fraction of sp³-hybridized carbons (Fsp3) is 0.667. The number of quaternary nitrogens is 2. The van der Waals surface area contributed by atoms with Gasteiger partial charge in [0.05, 0.1) is 32.9 Å². The molecule has 2 rings (SSSR count). The van der Waals surface area contributed by atoms with Gasteiger partial charge in [0.2, 0.25) is 0 Å². The lowest BCUT2D eigenvalue weighted by Gasteiger charge is -2.23. The van der Waals surface area contributed by atoms with Crippen molar-refractivity contribution in [3.05, 3.63) is 29.8 Å². The van der Waals surface area contributed by atoms with Crippen molar-refractivity contribution in [3.63, 3.8) is 0 Å². The van der Waals surface area contributed by atoms with Crippen molar-refractivity contribution in [2.75, 3.05) is 46.0 Å². The van der Waals surface area contributed by atoms with Crippen molar-refractivity contribution in [3.8, 4) is 5.75 Å². The Morgan fingerprint density at radius 3 is 2.82 bits per heavy atom. The Kier molecular flexibility index (Phi) is 8.31. The molecule has 3 N–H and O–H groups in total. The van der Waals surface area contributed by atoms with Gasteiger partial charge in [-0.25, -0.2) is 0 Å². The van der Waals surface area contributed by atoms with Crippen LogP contribution in [0.4, 0.5) is 0 Å². The van der Waals surface area contributed by atoms with Gasteiger partial charge < -0.3 is 19.7 Å². The van der Waals surface area contributed by atoms with Crippen LogP contribution in [-0.2, 0) is 11.3 Å². The van der Waals surface area contributed by atoms with E-state index in [2.05, 4.69) is 36.5 Å². The standard InChI is InChI=1S/C18H30N2O2/c1-2-3-13-22-18-8-5-4-7-17(18)16-19-9-6-10-20-11-14-21-15-12-20/h4-5,7-8,19H,2-3,6,9-16H2,1H3/p+2. The Hall–Kier alpha value is -1.10. The molecule has 1 heterocycles. The van der Waals surface area contributed by atoms with E-state index in [-0.39, 0.29) is 0 Å². The monoisotopic (exact) mass is 308 g/mol. The number of benzene rings is 1. The van der Waals surface area contributed by atoms with Gasteiger partial charge in [-0.15, -0.1) is 0 Å². The Morgan fingerprint density at radius 2 is 2.00 bits per heavy atom. The maximum Gasteiger partial charge on any atom is 0.128 e. The van der Waals surface area contributed by atoms with Crippen LogP contribution in [0, 0.1) is 0 Å². The van der Waals surface area contributed by atoms with Crippen LogP contribution in [0.1, 0.15) is 31.7 Å². The summed E-state index contributed by atoms with van der Waals surface area (Å²) in [4.78, 5) is 1.70. The van der Waals surface area contributed by atoms with Crippen LogP contribution >= 0.6 is 0 Å². The van der Waals surface area contributed by atoms with Crippen molar-refractivity contribution in [1.82, 2.24) is 0 Å². The predicted octanol–water partition coefficient (Wildman–Crippen LogP) is 0.234. The van der Waals surface area contributed by atoms with Crippen molar-refractivity contribution in [2.45, 2.75) is 32.7 Å². The van der Waals surface area contributed by atoms with Crippen LogP contribution in [0.2, 0.25) is 0 Å². The van der Waals surface area contributed by atoms with Crippen LogP contribution in [-0.4, -0.2) is 46.0 Å². The molecule has 4 nitrogen and oxygen atoms in total. The second-order valence-electron chi connectivity index (χ2n) is 6.06. The lowest BCUT2D eigenvalue weighted by Crippen LogP contribution is -3.14. The molecule has 0 spiro atoms. The number of hydrogen-bond donors (Lipinski definition) is 2. The molecule has 0 atom stereocenters. The zero-order chi connectivity index (χ0) is 15.5. The zero-order valence-corrected chi connectivity index (χ0v) is 14.0. The minimum atomic E-state index is 0.827.